The third-order valence-electron chi connectivity index (χ3n) is 3.23. The number of aliphatic carboxylic acids is 1. The lowest BCUT2D eigenvalue weighted by Gasteiger charge is -2.25. The summed E-state index contributed by atoms with van der Waals surface area (Å²) >= 11 is 0. The van der Waals surface area contributed by atoms with Crippen molar-refractivity contribution >= 4 is 12.1 Å². The summed E-state index contributed by atoms with van der Waals surface area (Å²) in [6.07, 6.45) is -2.49. The van der Waals surface area contributed by atoms with Gasteiger partial charge in [-0.3, -0.25) is 0 Å². The van der Waals surface area contributed by atoms with E-state index in [-0.39, 0.29) is 13.2 Å². The molecule has 2 atom stereocenters. The van der Waals surface area contributed by atoms with Crippen molar-refractivity contribution in [1.82, 2.24) is 5.32 Å². The molecule has 0 spiro atoms. The van der Waals surface area contributed by atoms with Gasteiger partial charge in [0.1, 0.15) is 5.60 Å². The van der Waals surface area contributed by atoms with Crippen LogP contribution in [0.3, 0.4) is 0 Å². The maximum atomic E-state index is 11.9. The lowest BCUT2D eigenvalue weighted by atomic mass is 10.0. The number of benzene rings is 1. The molecule has 8 nitrogen and oxygen atoms in total. The maximum Gasteiger partial charge on any atom is 0.407 e. The van der Waals surface area contributed by atoms with Gasteiger partial charge < -0.3 is 29.7 Å². The highest BCUT2D eigenvalue weighted by Gasteiger charge is 2.30. The smallest absolute Gasteiger partial charge is 0.407 e. The van der Waals surface area contributed by atoms with Crippen molar-refractivity contribution in [3.63, 3.8) is 0 Å². The summed E-state index contributed by atoms with van der Waals surface area (Å²) in [6, 6.07) is 4.03. The highest BCUT2D eigenvalue weighted by molar-refractivity contribution is 5.75. The minimum atomic E-state index is -1.78. The fraction of sp³-hybridized carbons (Fsp3) is 0.500. The molecule has 0 radical (unpaired) electrons. The number of ether oxygens (including phenoxy) is 3. The van der Waals surface area contributed by atoms with Crippen LogP contribution in [0.2, 0.25) is 0 Å². The second kappa shape index (κ2) is 6.96. The Balaban J connectivity index is 2.11. The lowest BCUT2D eigenvalue weighted by molar-refractivity contribution is -0.148. The molecule has 0 aliphatic carbocycles. The highest BCUT2D eigenvalue weighted by atomic mass is 16.7. The van der Waals surface area contributed by atoms with E-state index in [4.69, 9.17) is 19.3 Å². The van der Waals surface area contributed by atoms with Crippen molar-refractivity contribution < 1.29 is 34.0 Å². The third-order valence-corrected chi connectivity index (χ3v) is 3.23. The molecule has 132 valence electrons. The Kier molecular flexibility index (Phi) is 5.18. The number of carbonyl (C=O) groups excluding carboxylic acids is 1. The molecule has 1 amide bonds. The monoisotopic (exact) mass is 339 g/mol. The molecular weight excluding hydrogens is 318 g/mol. The number of carboxylic acid groups (broad SMARTS) is 1. The van der Waals surface area contributed by atoms with Crippen molar-refractivity contribution in [1.29, 1.82) is 0 Å². The van der Waals surface area contributed by atoms with Gasteiger partial charge in [0.25, 0.3) is 0 Å². The lowest BCUT2D eigenvalue weighted by Crippen LogP contribution is -2.49. The fourth-order valence-electron chi connectivity index (χ4n) is 2.19. The van der Waals surface area contributed by atoms with Gasteiger partial charge in [0.05, 0.1) is 6.04 Å². The first kappa shape index (κ1) is 17.9. The van der Waals surface area contributed by atoms with Gasteiger partial charge in [0, 0.05) is 0 Å². The number of alkyl carbamates (subject to hydrolysis) is 1. The van der Waals surface area contributed by atoms with Crippen LogP contribution in [-0.4, -0.2) is 46.8 Å². The average Bonchev–Trinajstić information content (AvgIpc) is 2.91. The van der Waals surface area contributed by atoms with Gasteiger partial charge in [-0.05, 0) is 44.9 Å². The summed E-state index contributed by atoms with van der Waals surface area (Å²) < 4.78 is 15.6. The molecule has 24 heavy (non-hydrogen) atoms. The van der Waals surface area contributed by atoms with Crippen molar-refractivity contribution in [3.05, 3.63) is 23.8 Å². The molecule has 1 heterocycles. The molecule has 0 unspecified atom stereocenters. The Morgan fingerprint density at radius 2 is 1.96 bits per heavy atom. The number of nitrogens with one attached hydrogen (secondary N) is 1. The summed E-state index contributed by atoms with van der Waals surface area (Å²) in [4.78, 5) is 23.0. The first-order valence-corrected chi connectivity index (χ1v) is 7.44. The van der Waals surface area contributed by atoms with Crippen LogP contribution in [0.5, 0.6) is 11.5 Å². The molecule has 1 aliphatic heterocycles. The number of aliphatic hydroxyl groups is 1. The molecule has 0 bridgehead atoms. The minimum absolute atomic E-state index is 0.0867. The molecule has 3 N–H and O–H groups in total. The summed E-state index contributed by atoms with van der Waals surface area (Å²) in [5, 5.41) is 21.3. The van der Waals surface area contributed by atoms with E-state index in [1.807, 2.05) is 0 Å². The number of amides is 1. The molecule has 0 saturated heterocycles. The number of hydrogen-bond donors (Lipinski definition) is 3. The van der Waals surface area contributed by atoms with E-state index in [0.717, 1.165) is 0 Å². The number of rotatable bonds is 5. The summed E-state index contributed by atoms with van der Waals surface area (Å²) in [7, 11) is 0. The van der Waals surface area contributed by atoms with Crippen LogP contribution < -0.4 is 14.8 Å². The minimum Gasteiger partial charge on any atom is -0.479 e. The van der Waals surface area contributed by atoms with Gasteiger partial charge in [-0.25, -0.2) is 9.59 Å². The van der Waals surface area contributed by atoms with Crippen LogP contribution in [0.4, 0.5) is 4.79 Å². The predicted octanol–water partition coefficient (Wildman–Crippen LogP) is 1.30. The number of carbonyl (C=O) groups is 2. The van der Waals surface area contributed by atoms with E-state index < -0.39 is 29.8 Å². The number of hydrogen-bond acceptors (Lipinski definition) is 6. The van der Waals surface area contributed by atoms with E-state index in [9.17, 15) is 14.7 Å². The highest BCUT2D eigenvalue weighted by Crippen LogP contribution is 2.32. The van der Waals surface area contributed by atoms with Crippen molar-refractivity contribution in [2.45, 2.75) is 44.9 Å². The number of carboxylic acids is 1. The molecule has 8 heteroatoms. The summed E-state index contributed by atoms with van der Waals surface area (Å²) in [6.45, 7) is 5.18. The van der Waals surface area contributed by atoms with Crippen LogP contribution in [0.15, 0.2) is 18.2 Å². The fourth-order valence-corrected chi connectivity index (χ4v) is 2.19. The zero-order chi connectivity index (χ0) is 17.9. The van der Waals surface area contributed by atoms with Crippen LogP contribution >= 0.6 is 0 Å². The SMILES string of the molecule is CC(C)(C)OC(=O)N[C@@H](Cc1ccc2c(c1)OCO2)[C@H](O)C(=O)O. The molecule has 1 aromatic rings. The van der Waals surface area contributed by atoms with E-state index in [2.05, 4.69) is 5.32 Å². The zero-order valence-electron chi connectivity index (χ0n) is 13.7. The normalized spacial score (nSPS) is 15.5. The summed E-state index contributed by atoms with van der Waals surface area (Å²) in [5.74, 6) is -0.306. The van der Waals surface area contributed by atoms with Crippen molar-refractivity contribution in [2.24, 2.45) is 0 Å². The molecule has 1 aliphatic rings. The average molecular weight is 339 g/mol. The van der Waals surface area contributed by atoms with Crippen molar-refractivity contribution in [2.75, 3.05) is 6.79 Å². The van der Waals surface area contributed by atoms with Gasteiger partial charge >= 0.3 is 12.1 Å². The Bertz CT molecular complexity index is 623. The topological polar surface area (TPSA) is 114 Å². The number of fused-ring (bicyclic) bond motifs is 1. The molecule has 0 aromatic heterocycles. The van der Waals surface area contributed by atoms with Gasteiger partial charge in [-0.2, -0.15) is 0 Å². The molecule has 0 fully saturated rings. The van der Waals surface area contributed by atoms with Gasteiger partial charge in [0.15, 0.2) is 17.6 Å². The predicted molar refractivity (Wildman–Crippen MR) is 83.1 cm³/mol. The van der Waals surface area contributed by atoms with Gasteiger partial charge in [0.2, 0.25) is 6.79 Å². The second-order valence-electron chi connectivity index (χ2n) is 6.43. The first-order valence-electron chi connectivity index (χ1n) is 7.44. The Morgan fingerprint density at radius 1 is 1.29 bits per heavy atom. The van der Waals surface area contributed by atoms with Crippen LogP contribution in [-0.2, 0) is 16.0 Å². The van der Waals surface area contributed by atoms with E-state index in [1.54, 1.807) is 39.0 Å². The van der Waals surface area contributed by atoms with E-state index in [0.29, 0.717) is 17.1 Å². The van der Waals surface area contributed by atoms with Gasteiger partial charge in [-0.15, -0.1) is 0 Å². The molecule has 0 saturated carbocycles. The van der Waals surface area contributed by atoms with E-state index in [1.165, 1.54) is 0 Å². The van der Waals surface area contributed by atoms with Crippen molar-refractivity contribution in [3.8, 4) is 11.5 Å². The first-order chi connectivity index (χ1) is 11.2. The Morgan fingerprint density at radius 3 is 2.58 bits per heavy atom. The quantitative estimate of drug-likeness (QED) is 0.740. The Hall–Kier alpha value is -2.48. The number of aliphatic hydroxyl groups excluding tert-OH is 1. The molecule has 2 rings (SSSR count). The second-order valence-corrected chi connectivity index (χ2v) is 6.43. The largest absolute Gasteiger partial charge is 0.479 e. The van der Waals surface area contributed by atoms with Crippen LogP contribution in [0, 0.1) is 0 Å². The molecular formula is C16H21NO7. The third kappa shape index (κ3) is 4.76. The van der Waals surface area contributed by atoms with E-state index >= 15 is 0 Å². The summed E-state index contributed by atoms with van der Waals surface area (Å²) in [5.41, 5.74) is -0.0534. The van der Waals surface area contributed by atoms with Gasteiger partial charge in [-0.1, -0.05) is 6.07 Å². The zero-order valence-corrected chi connectivity index (χ0v) is 13.7. The van der Waals surface area contributed by atoms with Crippen LogP contribution in [0.25, 0.3) is 0 Å². The van der Waals surface area contributed by atoms with Crippen LogP contribution in [0.1, 0.15) is 26.3 Å². The Labute approximate surface area is 139 Å². The molecule has 1 aromatic carbocycles. The maximum absolute atomic E-state index is 11.9. The standard InChI is InChI=1S/C16H21NO7/c1-16(2,3)24-15(21)17-10(13(18)14(19)20)6-9-4-5-11-12(7-9)23-8-22-11/h4-5,7,10,13,18H,6,8H2,1-3H3,(H,17,21)(H,19,20)/t10-,13-/m0/s1.